The zero-order valence-electron chi connectivity index (χ0n) is 11.4. The molecule has 1 unspecified atom stereocenters. The lowest BCUT2D eigenvalue weighted by molar-refractivity contribution is -0.134. The number of likely N-dealkylation sites (N-methyl/N-ethyl adjacent to an activating group) is 1. The summed E-state index contributed by atoms with van der Waals surface area (Å²) in [6, 6.07) is -0.108. The van der Waals surface area contributed by atoms with Gasteiger partial charge in [0.05, 0.1) is 18.1 Å². The van der Waals surface area contributed by atoms with Crippen molar-refractivity contribution in [3.63, 3.8) is 0 Å². The van der Waals surface area contributed by atoms with Gasteiger partial charge in [-0.2, -0.15) is 0 Å². The van der Waals surface area contributed by atoms with Crippen LogP contribution in [0.2, 0.25) is 0 Å². The predicted octanol–water partition coefficient (Wildman–Crippen LogP) is -0.362. The first-order chi connectivity index (χ1) is 8.22. The van der Waals surface area contributed by atoms with E-state index in [0.29, 0.717) is 12.8 Å². The molecule has 1 rings (SSSR count). The maximum absolute atomic E-state index is 11.8. The zero-order valence-corrected chi connectivity index (χ0v) is 11.4. The molecule has 6 nitrogen and oxygen atoms in total. The fourth-order valence-electron chi connectivity index (χ4n) is 1.96. The Kier molecular flexibility index (Phi) is 4.32. The summed E-state index contributed by atoms with van der Waals surface area (Å²) in [6.07, 6.45) is 1.03. The van der Waals surface area contributed by atoms with Gasteiger partial charge in [-0.05, 0) is 20.3 Å². The highest BCUT2D eigenvalue weighted by Gasteiger charge is 2.36. The number of rotatable bonds is 3. The molecule has 0 bridgehead atoms. The van der Waals surface area contributed by atoms with Crippen LogP contribution in [0.15, 0.2) is 0 Å². The molecule has 1 aliphatic heterocycles. The first-order valence-corrected chi connectivity index (χ1v) is 6.04. The molecule has 1 saturated heterocycles. The van der Waals surface area contributed by atoms with E-state index in [-0.39, 0.29) is 30.3 Å². The van der Waals surface area contributed by atoms with Crippen LogP contribution < -0.4 is 10.6 Å². The minimum Gasteiger partial charge on any atom is -0.349 e. The molecule has 1 aliphatic rings. The van der Waals surface area contributed by atoms with E-state index >= 15 is 0 Å². The Morgan fingerprint density at radius 2 is 2.11 bits per heavy atom. The largest absolute Gasteiger partial charge is 0.349 e. The predicted molar refractivity (Wildman–Crippen MR) is 66.7 cm³/mol. The Labute approximate surface area is 107 Å². The van der Waals surface area contributed by atoms with Gasteiger partial charge in [0.1, 0.15) is 0 Å². The Bertz CT molecular complexity index is 366. The van der Waals surface area contributed by atoms with Gasteiger partial charge in [0.15, 0.2) is 0 Å². The molecule has 0 aliphatic carbocycles. The standard InChI is InChI=1S/C12H21N3O3/c1-8(16)15(4)7-11(18)13-9-5-6-10(17)14-12(9,2)3/h9H,5-7H2,1-4H3,(H,13,18)(H,14,17). The molecule has 0 aromatic rings. The summed E-state index contributed by atoms with van der Waals surface area (Å²) in [7, 11) is 1.58. The van der Waals surface area contributed by atoms with Gasteiger partial charge in [0.25, 0.3) is 0 Å². The molecule has 0 aromatic heterocycles. The minimum absolute atomic E-state index is 0.00588. The highest BCUT2D eigenvalue weighted by atomic mass is 16.2. The topological polar surface area (TPSA) is 78.5 Å². The molecule has 3 amide bonds. The van der Waals surface area contributed by atoms with Gasteiger partial charge in [-0.25, -0.2) is 0 Å². The Hall–Kier alpha value is -1.59. The third-order valence-electron chi connectivity index (χ3n) is 3.25. The molecular weight excluding hydrogens is 234 g/mol. The van der Waals surface area contributed by atoms with Crippen molar-refractivity contribution in [2.45, 2.75) is 45.2 Å². The van der Waals surface area contributed by atoms with Crippen molar-refractivity contribution in [1.82, 2.24) is 15.5 Å². The van der Waals surface area contributed by atoms with Crippen LogP contribution in [-0.4, -0.2) is 47.8 Å². The molecule has 1 fully saturated rings. The molecular formula is C12H21N3O3. The highest BCUT2D eigenvalue weighted by Crippen LogP contribution is 2.19. The third kappa shape index (κ3) is 3.72. The van der Waals surface area contributed by atoms with Crippen molar-refractivity contribution in [3.05, 3.63) is 0 Å². The molecule has 0 aromatic carbocycles. The maximum Gasteiger partial charge on any atom is 0.239 e. The number of hydrogen-bond donors (Lipinski definition) is 2. The van der Waals surface area contributed by atoms with Gasteiger partial charge in [0, 0.05) is 20.4 Å². The first kappa shape index (κ1) is 14.5. The smallest absolute Gasteiger partial charge is 0.239 e. The summed E-state index contributed by atoms with van der Waals surface area (Å²) in [6.45, 7) is 5.21. The number of carbonyl (C=O) groups excluding carboxylic acids is 3. The molecule has 102 valence electrons. The number of hydrogen-bond acceptors (Lipinski definition) is 3. The molecule has 1 heterocycles. The van der Waals surface area contributed by atoms with E-state index in [9.17, 15) is 14.4 Å². The van der Waals surface area contributed by atoms with E-state index in [2.05, 4.69) is 10.6 Å². The van der Waals surface area contributed by atoms with Crippen molar-refractivity contribution in [2.75, 3.05) is 13.6 Å². The quantitative estimate of drug-likeness (QED) is 0.722. The summed E-state index contributed by atoms with van der Waals surface area (Å²) in [4.78, 5) is 35.5. The van der Waals surface area contributed by atoms with Crippen LogP contribution in [0, 0.1) is 0 Å². The molecule has 2 N–H and O–H groups in total. The normalized spacial score (nSPS) is 22.0. The van der Waals surface area contributed by atoms with Crippen LogP contribution in [0.5, 0.6) is 0 Å². The summed E-state index contributed by atoms with van der Waals surface area (Å²) in [5, 5.41) is 5.72. The molecule has 0 radical (unpaired) electrons. The molecule has 18 heavy (non-hydrogen) atoms. The molecule has 0 saturated carbocycles. The average molecular weight is 255 g/mol. The Balaban J connectivity index is 2.54. The van der Waals surface area contributed by atoms with Crippen molar-refractivity contribution in [1.29, 1.82) is 0 Å². The second kappa shape index (κ2) is 5.37. The second-order valence-corrected chi connectivity index (χ2v) is 5.30. The number of piperidine rings is 1. The first-order valence-electron chi connectivity index (χ1n) is 6.04. The van der Waals surface area contributed by atoms with Gasteiger partial charge in [-0.15, -0.1) is 0 Å². The van der Waals surface area contributed by atoms with Crippen molar-refractivity contribution in [2.24, 2.45) is 0 Å². The molecule has 1 atom stereocenters. The minimum atomic E-state index is -0.459. The number of nitrogens with zero attached hydrogens (tertiary/aromatic N) is 1. The van der Waals surface area contributed by atoms with Gasteiger partial charge >= 0.3 is 0 Å². The highest BCUT2D eigenvalue weighted by molar-refractivity contribution is 5.84. The lowest BCUT2D eigenvalue weighted by Gasteiger charge is -2.39. The lowest BCUT2D eigenvalue weighted by Crippen LogP contribution is -2.62. The van der Waals surface area contributed by atoms with E-state index in [0.717, 1.165) is 0 Å². The summed E-state index contributed by atoms with van der Waals surface area (Å²) < 4.78 is 0. The SMILES string of the molecule is CC(=O)N(C)CC(=O)NC1CCC(=O)NC1(C)C. The van der Waals surface area contributed by atoms with Crippen LogP contribution >= 0.6 is 0 Å². The van der Waals surface area contributed by atoms with Crippen molar-refractivity contribution >= 4 is 17.7 Å². The average Bonchev–Trinajstić information content (AvgIpc) is 2.21. The van der Waals surface area contributed by atoms with Crippen molar-refractivity contribution in [3.8, 4) is 0 Å². The van der Waals surface area contributed by atoms with Crippen molar-refractivity contribution < 1.29 is 14.4 Å². The van der Waals surface area contributed by atoms with Gasteiger partial charge < -0.3 is 15.5 Å². The van der Waals surface area contributed by atoms with Crippen LogP contribution in [0.4, 0.5) is 0 Å². The monoisotopic (exact) mass is 255 g/mol. The summed E-state index contributed by atoms with van der Waals surface area (Å²) in [5.41, 5.74) is -0.459. The fourth-order valence-corrected chi connectivity index (χ4v) is 1.96. The van der Waals surface area contributed by atoms with Crippen LogP contribution in [-0.2, 0) is 14.4 Å². The zero-order chi connectivity index (χ0) is 13.9. The van der Waals surface area contributed by atoms with E-state index < -0.39 is 5.54 Å². The third-order valence-corrected chi connectivity index (χ3v) is 3.25. The van der Waals surface area contributed by atoms with Crippen LogP contribution in [0.1, 0.15) is 33.6 Å². The molecule has 6 heteroatoms. The van der Waals surface area contributed by atoms with E-state index in [1.165, 1.54) is 11.8 Å². The van der Waals surface area contributed by atoms with E-state index in [1.807, 2.05) is 13.8 Å². The van der Waals surface area contributed by atoms with Crippen LogP contribution in [0.25, 0.3) is 0 Å². The van der Waals surface area contributed by atoms with Gasteiger partial charge in [-0.1, -0.05) is 0 Å². The Morgan fingerprint density at radius 1 is 1.50 bits per heavy atom. The number of amides is 3. The number of nitrogens with one attached hydrogen (secondary N) is 2. The Morgan fingerprint density at radius 3 is 2.61 bits per heavy atom. The van der Waals surface area contributed by atoms with E-state index in [4.69, 9.17) is 0 Å². The van der Waals surface area contributed by atoms with Gasteiger partial charge in [-0.3, -0.25) is 14.4 Å². The summed E-state index contributed by atoms with van der Waals surface area (Å²) >= 11 is 0. The maximum atomic E-state index is 11.8. The van der Waals surface area contributed by atoms with Crippen LogP contribution in [0.3, 0.4) is 0 Å². The molecule has 0 spiro atoms. The fraction of sp³-hybridized carbons (Fsp3) is 0.750. The second-order valence-electron chi connectivity index (χ2n) is 5.30. The van der Waals surface area contributed by atoms with Gasteiger partial charge in [0.2, 0.25) is 17.7 Å². The van der Waals surface area contributed by atoms with E-state index in [1.54, 1.807) is 7.05 Å². The number of carbonyl (C=O) groups is 3. The summed E-state index contributed by atoms with van der Waals surface area (Å²) in [5.74, 6) is -0.352. The lowest BCUT2D eigenvalue weighted by atomic mass is 9.87.